The number of aryl methyl sites for hydroxylation is 2. The van der Waals surface area contributed by atoms with Crippen LogP contribution in [-0.4, -0.2) is 78.8 Å². The van der Waals surface area contributed by atoms with E-state index in [4.69, 9.17) is 28.4 Å². The topological polar surface area (TPSA) is 136 Å². The number of hydrogen-bond acceptors (Lipinski definition) is 10. The first-order valence-electron chi connectivity index (χ1n) is 10.6. The minimum atomic E-state index is -1.54. The normalized spacial score (nSPS) is 26.2. The van der Waals surface area contributed by atoms with Crippen molar-refractivity contribution in [3.05, 3.63) is 41.5 Å². The van der Waals surface area contributed by atoms with Crippen LogP contribution in [-0.2, 0) is 17.6 Å². The van der Waals surface area contributed by atoms with Gasteiger partial charge in [0.1, 0.15) is 24.4 Å². The molecule has 0 aromatic heterocycles. The minimum Gasteiger partial charge on any atom is -0.493 e. The number of methoxy groups -OCH3 is 2. The second kappa shape index (κ2) is 10.0. The first kappa shape index (κ1) is 23.4. The lowest BCUT2D eigenvalue weighted by Gasteiger charge is -2.39. The predicted octanol–water partition coefficient (Wildman–Crippen LogP) is 0.396. The Morgan fingerprint density at radius 1 is 0.848 bits per heavy atom. The Morgan fingerprint density at radius 3 is 2.30 bits per heavy atom. The van der Waals surface area contributed by atoms with Crippen LogP contribution in [0.25, 0.3) is 0 Å². The first-order chi connectivity index (χ1) is 15.9. The first-order valence-corrected chi connectivity index (χ1v) is 10.6. The zero-order valence-electron chi connectivity index (χ0n) is 18.3. The Bertz CT molecular complexity index is 962. The fourth-order valence-corrected chi connectivity index (χ4v) is 3.88. The average Bonchev–Trinajstić information content (AvgIpc) is 3.31. The van der Waals surface area contributed by atoms with Crippen LogP contribution in [0.2, 0.25) is 0 Å². The lowest BCUT2D eigenvalue weighted by atomic mass is 9.99. The van der Waals surface area contributed by atoms with Gasteiger partial charge in [0.15, 0.2) is 23.0 Å². The van der Waals surface area contributed by atoms with Crippen LogP contribution in [0.5, 0.6) is 28.7 Å². The molecule has 1 saturated heterocycles. The lowest BCUT2D eigenvalue weighted by Crippen LogP contribution is -2.60. The summed E-state index contributed by atoms with van der Waals surface area (Å²) in [7, 11) is 3.17. The van der Waals surface area contributed by atoms with Crippen LogP contribution >= 0.6 is 0 Å². The summed E-state index contributed by atoms with van der Waals surface area (Å²) in [5.41, 5.74) is 1.93. The Morgan fingerprint density at radius 2 is 1.58 bits per heavy atom. The van der Waals surface area contributed by atoms with Gasteiger partial charge in [0.25, 0.3) is 0 Å². The highest BCUT2D eigenvalue weighted by Gasteiger charge is 2.45. The summed E-state index contributed by atoms with van der Waals surface area (Å²) >= 11 is 0. The van der Waals surface area contributed by atoms with Crippen molar-refractivity contribution in [2.24, 2.45) is 0 Å². The van der Waals surface area contributed by atoms with Gasteiger partial charge in [-0.2, -0.15) is 0 Å². The molecule has 1 fully saturated rings. The molecule has 0 radical (unpaired) electrons. The molecule has 2 aromatic rings. The fourth-order valence-electron chi connectivity index (χ4n) is 3.88. The molecule has 2 aromatic carbocycles. The van der Waals surface area contributed by atoms with E-state index in [-0.39, 0.29) is 12.5 Å². The molecular formula is C23H28O10. The molecule has 0 unspecified atom stereocenters. The molecule has 2 heterocycles. The van der Waals surface area contributed by atoms with E-state index in [1.165, 1.54) is 0 Å². The molecule has 10 heteroatoms. The molecule has 0 amide bonds. The zero-order chi connectivity index (χ0) is 23.5. The van der Waals surface area contributed by atoms with Crippen molar-refractivity contribution < 1.29 is 48.8 Å². The molecule has 0 saturated carbocycles. The predicted molar refractivity (Wildman–Crippen MR) is 114 cm³/mol. The minimum absolute atomic E-state index is 0.0134. The van der Waals surface area contributed by atoms with Crippen molar-refractivity contribution in [1.29, 1.82) is 0 Å². The Balaban J connectivity index is 1.53. The van der Waals surface area contributed by atoms with E-state index >= 15 is 0 Å². The third-order valence-corrected chi connectivity index (χ3v) is 5.74. The van der Waals surface area contributed by atoms with E-state index in [1.807, 2.05) is 24.3 Å². The molecule has 10 nitrogen and oxygen atoms in total. The standard InChI is InChI=1S/C23H28O10/c1-28-14-6-5-12(7-15(14)29-2)3-4-13-8-16-22(31-11-30-16)17(9-13)32-23-21(27)20(26)19(25)18(10-24)33-23/h5-9,18-21,23-27H,3-4,10-11H2,1-2H3/t18-,19-,20+,21-,23-/m1/s1. The molecule has 4 N–H and O–H groups in total. The van der Waals surface area contributed by atoms with E-state index < -0.39 is 37.3 Å². The quantitative estimate of drug-likeness (QED) is 0.434. The van der Waals surface area contributed by atoms with E-state index in [1.54, 1.807) is 20.3 Å². The van der Waals surface area contributed by atoms with Crippen molar-refractivity contribution >= 4 is 0 Å². The van der Waals surface area contributed by atoms with Gasteiger partial charge in [0, 0.05) is 0 Å². The van der Waals surface area contributed by atoms with Gasteiger partial charge in [-0.3, -0.25) is 0 Å². The number of benzene rings is 2. The van der Waals surface area contributed by atoms with Crippen LogP contribution in [0.1, 0.15) is 11.1 Å². The molecule has 0 spiro atoms. The maximum Gasteiger partial charge on any atom is 0.231 e. The van der Waals surface area contributed by atoms with Crippen molar-refractivity contribution in [1.82, 2.24) is 0 Å². The van der Waals surface area contributed by atoms with Crippen molar-refractivity contribution in [2.75, 3.05) is 27.6 Å². The molecule has 2 aliphatic heterocycles. The molecule has 33 heavy (non-hydrogen) atoms. The van der Waals surface area contributed by atoms with Crippen LogP contribution in [0.3, 0.4) is 0 Å². The number of aliphatic hydroxyl groups excluding tert-OH is 4. The summed E-state index contributed by atoms with van der Waals surface area (Å²) in [4.78, 5) is 0. The van der Waals surface area contributed by atoms with Gasteiger partial charge in [0.05, 0.1) is 20.8 Å². The van der Waals surface area contributed by atoms with E-state index in [9.17, 15) is 20.4 Å². The maximum atomic E-state index is 10.3. The number of aliphatic hydroxyl groups is 4. The zero-order valence-corrected chi connectivity index (χ0v) is 18.3. The van der Waals surface area contributed by atoms with E-state index in [2.05, 4.69) is 0 Å². The largest absolute Gasteiger partial charge is 0.493 e. The van der Waals surface area contributed by atoms with Gasteiger partial charge in [-0.25, -0.2) is 0 Å². The van der Waals surface area contributed by atoms with Crippen LogP contribution in [0.15, 0.2) is 30.3 Å². The van der Waals surface area contributed by atoms with Gasteiger partial charge in [-0.15, -0.1) is 0 Å². The maximum absolute atomic E-state index is 10.3. The van der Waals surface area contributed by atoms with Gasteiger partial charge >= 0.3 is 0 Å². The summed E-state index contributed by atoms with van der Waals surface area (Å²) in [6.45, 7) is -0.534. The van der Waals surface area contributed by atoms with E-state index in [0.29, 0.717) is 35.8 Å². The van der Waals surface area contributed by atoms with Gasteiger partial charge in [-0.05, 0) is 48.2 Å². The highest BCUT2D eigenvalue weighted by molar-refractivity contribution is 5.55. The van der Waals surface area contributed by atoms with Crippen molar-refractivity contribution in [3.8, 4) is 28.7 Å². The van der Waals surface area contributed by atoms with Crippen molar-refractivity contribution in [3.63, 3.8) is 0 Å². The second-order valence-corrected chi connectivity index (χ2v) is 7.83. The molecular weight excluding hydrogens is 436 g/mol. The smallest absolute Gasteiger partial charge is 0.231 e. The van der Waals surface area contributed by atoms with E-state index in [0.717, 1.165) is 11.1 Å². The summed E-state index contributed by atoms with van der Waals surface area (Å²) in [6, 6.07) is 9.32. The SMILES string of the molecule is COc1ccc(CCc2cc3c(c(O[C@@H]4O[C@H](CO)[C@@H](O)[C@H](O)[C@H]4O)c2)OCO3)cc1OC. The third kappa shape index (κ3) is 4.80. The lowest BCUT2D eigenvalue weighted by molar-refractivity contribution is -0.277. The molecule has 5 atom stereocenters. The number of hydrogen-bond donors (Lipinski definition) is 4. The van der Waals surface area contributed by atoms with Gasteiger partial charge in [-0.1, -0.05) is 6.07 Å². The van der Waals surface area contributed by atoms with Crippen LogP contribution in [0.4, 0.5) is 0 Å². The Kier molecular flexibility index (Phi) is 7.11. The Hall–Kier alpha value is -2.76. The highest BCUT2D eigenvalue weighted by Crippen LogP contribution is 2.43. The number of fused-ring (bicyclic) bond motifs is 1. The van der Waals surface area contributed by atoms with Crippen LogP contribution in [0, 0.1) is 0 Å². The summed E-state index contributed by atoms with van der Waals surface area (Å²) in [5.74, 6) is 2.39. The van der Waals surface area contributed by atoms with Crippen LogP contribution < -0.4 is 23.7 Å². The Labute approximate surface area is 190 Å². The average molecular weight is 464 g/mol. The highest BCUT2D eigenvalue weighted by atomic mass is 16.7. The monoisotopic (exact) mass is 464 g/mol. The fraction of sp³-hybridized carbons (Fsp3) is 0.478. The molecule has 0 bridgehead atoms. The number of rotatable bonds is 8. The molecule has 4 rings (SSSR count). The van der Waals surface area contributed by atoms with Crippen molar-refractivity contribution in [2.45, 2.75) is 43.5 Å². The molecule has 0 aliphatic carbocycles. The van der Waals surface area contributed by atoms with Gasteiger partial charge < -0.3 is 48.8 Å². The van der Waals surface area contributed by atoms with Gasteiger partial charge in [0.2, 0.25) is 18.8 Å². The summed E-state index contributed by atoms with van der Waals surface area (Å²) < 4.78 is 32.9. The summed E-state index contributed by atoms with van der Waals surface area (Å²) in [6.07, 6.45) is -5.61. The third-order valence-electron chi connectivity index (χ3n) is 5.74. The molecule has 180 valence electrons. The molecule has 2 aliphatic rings. The second-order valence-electron chi connectivity index (χ2n) is 7.83. The summed E-state index contributed by atoms with van der Waals surface area (Å²) in [5, 5.41) is 39.7. The number of ether oxygens (including phenoxy) is 6.